The van der Waals surface area contributed by atoms with Crippen molar-refractivity contribution in [2.24, 2.45) is 0 Å². The van der Waals surface area contributed by atoms with Crippen LogP contribution in [0.25, 0.3) is 22.0 Å². The fourth-order valence-electron chi connectivity index (χ4n) is 3.75. The van der Waals surface area contributed by atoms with Crippen LogP contribution in [0.4, 0.5) is 18.9 Å². The number of carbonyl (C=O) groups excluding carboxylic acids is 1. The second-order valence-electron chi connectivity index (χ2n) is 7.98. The molecule has 35 heavy (non-hydrogen) atoms. The molecule has 1 amide bonds. The number of amides is 1. The third-order valence-corrected chi connectivity index (χ3v) is 6.53. The van der Waals surface area contributed by atoms with Crippen molar-refractivity contribution in [3.8, 4) is 22.0 Å². The number of nitrogens with one attached hydrogen (secondary N) is 2. The van der Waals surface area contributed by atoms with Gasteiger partial charge in [-0.25, -0.2) is 4.98 Å². The summed E-state index contributed by atoms with van der Waals surface area (Å²) in [6.45, 7) is 2.55. The van der Waals surface area contributed by atoms with E-state index in [1.54, 1.807) is 28.7 Å². The zero-order chi connectivity index (χ0) is 24.6. The third kappa shape index (κ3) is 4.82. The van der Waals surface area contributed by atoms with Gasteiger partial charge in [0, 0.05) is 36.1 Å². The number of aromatic amines is 1. The number of alkyl halides is 3. The number of carbonyl (C=O) groups is 1. The monoisotopic (exact) mass is 503 g/mol. The average molecular weight is 504 g/mol. The van der Waals surface area contributed by atoms with Crippen molar-refractivity contribution >= 4 is 22.9 Å². The number of anilines is 1. The maximum Gasteiger partial charge on any atom is 0.417 e. The van der Waals surface area contributed by atoms with Gasteiger partial charge in [-0.3, -0.25) is 19.6 Å². The highest BCUT2D eigenvalue weighted by atomic mass is 32.1. The summed E-state index contributed by atoms with van der Waals surface area (Å²) in [5.74, 6) is -0.468. The number of hydrogen-bond acceptors (Lipinski definition) is 7. The molecule has 0 saturated heterocycles. The molecule has 1 fully saturated rings. The Morgan fingerprint density at radius 1 is 1.31 bits per heavy atom. The van der Waals surface area contributed by atoms with Crippen molar-refractivity contribution in [1.82, 2.24) is 29.9 Å². The van der Waals surface area contributed by atoms with Gasteiger partial charge in [0.1, 0.15) is 16.4 Å². The number of nitrogens with zero attached hydrogens (tertiary/aromatic N) is 5. The second kappa shape index (κ2) is 9.23. The zero-order valence-corrected chi connectivity index (χ0v) is 19.2. The minimum atomic E-state index is -4.50. The highest BCUT2D eigenvalue weighted by molar-refractivity contribution is 7.13. The number of ether oxygens (including phenoxy) is 1. The van der Waals surface area contributed by atoms with E-state index in [0.717, 1.165) is 30.7 Å². The Morgan fingerprint density at radius 2 is 2.14 bits per heavy atom. The molecule has 2 N–H and O–H groups in total. The fourth-order valence-corrected chi connectivity index (χ4v) is 4.53. The van der Waals surface area contributed by atoms with Crippen molar-refractivity contribution in [2.45, 2.75) is 38.1 Å². The SMILES string of the molecule is CCO[C@H]1C[C@@H](n2cc(NC(=O)c3csc(-c4cn[nH]c4)n3)c(-c3ccc(C(F)(F)F)cn3)n2)C1. The highest BCUT2D eigenvalue weighted by Crippen LogP contribution is 2.37. The molecule has 0 bridgehead atoms. The van der Waals surface area contributed by atoms with Gasteiger partial charge < -0.3 is 10.1 Å². The molecule has 0 atom stereocenters. The number of hydrogen-bond donors (Lipinski definition) is 2. The maximum absolute atomic E-state index is 13.0. The van der Waals surface area contributed by atoms with Crippen molar-refractivity contribution < 1.29 is 22.7 Å². The van der Waals surface area contributed by atoms with Crippen LogP contribution in [0.5, 0.6) is 0 Å². The normalized spacial score (nSPS) is 17.8. The van der Waals surface area contributed by atoms with Crippen molar-refractivity contribution in [1.29, 1.82) is 0 Å². The number of rotatable bonds is 7. The van der Waals surface area contributed by atoms with E-state index in [-0.39, 0.29) is 29.2 Å². The number of halogens is 3. The molecule has 182 valence electrons. The largest absolute Gasteiger partial charge is 0.417 e. The summed E-state index contributed by atoms with van der Waals surface area (Å²) in [6.07, 6.45) is 2.84. The van der Waals surface area contributed by atoms with E-state index in [4.69, 9.17) is 4.74 Å². The quantitative estimate of drug-likeness (QED) is 0.375. The molecule has 0 unspecified atom stereocenters. The first kappa shape index (κ1) is 23.2. The minimum absolute atomic E-state index is 0.0531. The van der Waals surface area contributed by atoms with Crippen LogP contribution in [0.2, 0.25) is 0 Å². The Labute approximate surface area is 201 Å². The van der Waals surface area contributed by atoms with Gasteiger partial charge in [0.15, 0.2) is 0 Å². The smallest absolute Gasteiger partial charge is 0.378 e. The minimum Gasteiger partial charge on any atom is -0.378 e. The van der Waals surface area contributed by atoms with Gasteiger partial charge in [0.2, 0.25) is 0 Å². The van der Waals surface area contributed by atoms with Crippen LogP contribution >= 0.6 is 11.3 Å². The van der Waals surface area contributed by atoms with E-state index in [2.05, 4.69) is 30.6 Å². The molecule has 0 radical (unpaired) electrons. The molecule has 13 heteroatoms. The number of aromatic nitrogens is 6. The van der Waals surface area contributed by atoms with E-state index < -0.39 is 17.6 Å². The molecule has 4 aromatic rings. The molecular weight excluding hydrogens is 483 g/mol. The molecular formula is C22H20F3N7O2S. The first-order valence-corrected chi connectivity index (χ1v) is 11.7. The van der Waals surface area contributed by atoms with E-state index in [1.807, 2.05) is 6.92 Å². The summed E-state index contributed by atoms with van der Waals surface area (Å²) in [4.78, 5) is 21.3. The Hall–Kier alpha value is -3.58. The fraction of sp³-hybridized carbons (Fsp3) is 0.318. The summed E-state index contributed by atoms with van der Waals surface area (Å²) in [5.41, 5.74) is 0.914. The molecule has 0 spiro atoms. The summed E-state index contributed by atoms with van der Waals surface area (Å²) >= 11 is 1.29. The molecule has 9 nitrogen and oxygen atoms in total. The van der Waals surface area contributed by atoms with Gasteiger partial charge in [0.25, 0.3) is 5.91 Å². The Balaban J connectivity index is 1.42. The van der Waals surface area contributed by atoms with Gasteiger partial charge >= 0.3 is 6.18 Å². The van der Waals surface area contributed by atoms with Gasteiger partial charge in [-0.15, -0.1) is 11.3 Å². The predicted molar refractivity (Wildman–Crippen MR) is 122 cm³/mol. The maximum atomic E-state index is 13.0. The lowest BCUT2D eigenvalue weighted by atomic mass is 9.89. The van der Waals surface area contributed by atoms with Crippen molar-refractivity contribution in [2.75, 3.05) is 11.9 Å². The number of H-pyrrole nitrogens is 1. The van der Waals surface area contributed by atoms with Gasteiger partial charge in [-0.2, -0.15) is 23.4 Å². The molecule has 4 heterocycles. The molecule has 0 aliphatic heterocycles. The highest BCUT2D eigenvalue weighted by Gasteiger charge is 2.33. The van der Waals surface area contributed by atoms with E-state index in [1.165, 1.54) is 17.4 Å². The van der Waals surface area contributed by atoms with Crippen molar-refractivity contribution in [3.05, 3.63) is 53.6 Å². The summed E-state index contributed by atoms with van der Waals surface area (Å²) < 4.78 is 46.3. The Bertz CT molecular complexity index is 1310. The second-order valence-corrected chi connectivity index (χ2v) is 8.84. The van der Waals surface area contributed by atoms with Crippen molar-refractivity contribution in [3.63, 3.8) is 0 Å². The first-order valence-electron chi connectivity index (χ1n) is 10.8. The van der Waals surface area contributed by atoms with Crippen LogP contribution in [0, 0.1) is 0 Å². The Kier molecular flexibility index (Phi) is 6.11. The lowest BCUT2D eigenvalue weighted by Crippen LogP contribution is -2.33. The van der Waals surface area contributed by atoms with Crippen LogP contribution in [-0.4, -0.2) is 48.6 Å². The zero-order valence-electron chi connectivity index (χ0n) is 18.4. The molecule has 5 rings (SSSR count). The van der Waals surface area contributed by atoms with Gasteiger partial charge in [-0.05, 0) is 31.9 Å². The third-order valence-electron chi connectivity index (χ3n) is 5.64. The van der Waals surface area contributed by atoms with Crippen LogP contribution in [0.15, 0.2) is 42.3 Å². The first-order chi connectivity index (χ1) is 16.8. The van der Waals surface area contributed by atoms with E-state index in [9.17, 15) is 18.0 Å². The van der Waals surface area contributed by atoms with Gasteiger partial charge in [0.05, 0.1) is 35.3 Å². The lowest BCUT2D eigenvalue weighted by molar-refractivity contribution is -0.137. The molecule has 1 saturated carbocycles. The van der Waals surface area contributed by atoms with Crippen LogP contribution < -0.4 is 5.32 Å². The molecule has 0 aromatic carbocycles. The number of pyridine rings is 1. The molecule has 1 aliphatic carbocycles. The summed E-state index contributed by atoms with van der Waals surface area (Å²) in [7, 11) is 0. The van der Waals surface area contributed by atoms with Crippen LogP contribution in [0.3, 0.4) is 0 Å². The van der Waals surface area contributed by atoms with Gasteiger partial charge in [-0.1, -0.05) is 0 Å². The van der Waals surface area contributed by atoms with E-state index in [0.29, 0.717) is 17.3 Å². The Morgan fingerprint density at radius 3 is 2.80 bits per heavy atom. The topological polar surface area (TPSA) is 111 Å². The van der Waals surface area contributed by atoms with E-state index >= 15 is 0 Å². The lowest BCUT2D eigenvalue weighted by Gasteiger charge is -2.34. The predicted octanol–water partition coefficient (Wildman–Crippen LogP) is 4.80. The summed E-state index contributed by atoms with van der Waals surface area (Å²) in [6, 6.07) is 2.24. The van der Waals surface area contributed by atoms with Crippen LogP contribution in [-0.2, 0) is 10.9 Å². The van der Waals surface area contributed by atoms with Crippen LogP contribution in [0.1, 0.15) is 41.9 Å². The average Bonchev–Trinajstić information content (AvgIpc) is 3.56. The summed E-state index contributed by atoms with van der Waals surface area (Å²) in [5, 5.41) is 16.2. The molecule has 4 aromatic heterocycles. The standard InChI is InChI=1S/C22H20F3N7O2S/c1-2-34-15-5-14(6-15)32-10-17(19(31-32)16-4-3-13(9-26-16)22(23,24)25)29-20(33)18-11-35-21(30-18)12-7-27-28-8-12/h3-4,7-11,14-15H,2,5-6H2,1H3,(H,27,28)(H,29,33)/t14-,15+. The molecule has 1 aliphatic rings. The number of thiazole rings is 1.